The van der Waals surface area contributed by atoms with Crippen LogP contribution in [0.15, 0.2) is 16.5 Å². The lowest BCUT2D eigenvalue weighted by Crippen LogP contribution is -2.11. The minimum Gasteiger partial charge on any atom is -0.477 e. The number of furan rings is 1. The van der Waals surface area contributed by atoms with Crippen LogP contribution in [0.2, 0.25) is 0 Å². The molecule has 0 aliphatic heterocycles. The van der Waals surface area contributed by atoms with Gasteiger partial charge in [-0.1, -0.05) is 0 Å². The van der Waals surface area contributed by atoms with Crippen LogP contribution < -0.4 is 0 Å². The number of carbonyl (C=O) groups is 1. The highest BCUT2D eigenvalue weighted by molar-refractivity contribution is 7.17. The number of nitrogens with zero attached hydrogens (tertiary/aromatic N) is 1. The first-order valence-electron chi connectivity index (χ1n) is 4.67. The van der Waals surface area contributed by atoms with Crippen molar-refractivity contribution in [1.82, 2.24) is 4.98 Å². The Morgan fingerprint density at radius 2 is 2.11 bits per heavy atom. The van der Waals surface area contributed by atoms with Gasteiger partial charge in [0.2, 0.25) is 0 Å². The summed E-state index contributed by atoms with van der Waals surface area (Å²) in [6, 6.07) is 3.00. The molecule has 2 heterocycles. The van der Waals surface area contributed by atoms with Gasteiger partial charge in [0.05, 0.1) is 0 Å². The quantitative estimate of drug-likeness (QED) is 0.913. The Labute approximate surface area is 103 Å². The van der Waals surface area contributed by atoms with E-state index in [0.717, 1.165) is 0 Å². The molecule has 2 aromatic rings. The molecule has 0 amide bonds. The predicted octanol–water partition coefficient (Wildman–Crippen LogP) is 3.43. The van der Waals surface area contributed by atoms with Crippen LogP contribution in [0.3, 0.4) is 0 Å². The van der Waals surface area contributed by atoms with E-state index in [1.807, 2.05) is 0 Å². The van der Waals surface area contributed by atoms with Gasteiger partial charge in [0, 0.05) is 0 Å². The summed E-state index contributed by atoms with van der Waals surface area (Å²) >= 11 is 0.437. The zero-order valence-electron chi connectivity index (χ0n) is 8.91. The van der Waals surface area contributed by atoms with Crippen molar-refractivity contribution >= 4 is 17.3 Å². The highest BCUT2D eigenvalue weighted by Crippen LogP contribution is 2.37. The van der Waals surface area contributed by atoms with Gasteiger partial charge in [0.15, 0.2) is 16.5 Å². The number of aromatic nitrogens is 1. The van der Waals surface area contributed by atoms with E-state index in [1.54, 1.807) is 13.0 Å². The highest BCUT2D eigenvalue weighted by Gasteiger charge is 2.40. The maximum absolute atomic E-state index is 12.6. The van der Waals surface area contributed by atoms with E-state index in [9.17, 15) is 18.0 Å². The maximum atomic E-state index is 12.6. The number of aryl methyl sites for hydroxylation is 1. The van der Waals surface area contributed by atoms with E-state index in [0.29, 0.717) is 17.1 Å². The van der Waals surface area contributed by atoms with Gasteiger partial charge in [-0.15, -0.1) is 11.3 Å². The number of rotatable bonds is 2. The Morgan fingerprint density at radius 3 is 2.50 bits per heavy atom. The number of carboxylic acid groups (broad SMARTS) is 1. The standard InChI is InChI=1S/C10H6F3NO3S/c1-4-2-3-5(17-4)8-14-7(10(11,12)13)6(18-8)9(15)16/h2-3H,1H3,(H,15,16). The third-order valence-electron chi connectivity index (χ3n) is 2.04. The highest BCUT2D eigenvalue weighted by atomic mass is 32.1. The van der Waals surface area contributed by atoms with Gasteiger partial charge >= 0.3 is 12.1 Å². The number of alkyl halides is 3. The molecule has 0 fully saturated rings. The molecule has 0 radical (unpaired) electrons. The maximum Gasteiger partial charge on any atom is 0.435 e. The van der Waals surface area contributed by atoms with E-state index in [-0.39, 0.29) is 10.8 Å². The summed E-state index contributed by atoms with van der Waals surface area (Å²) in [5.74, 6) is -1.03. The summed E-state index contributed by atoms with van der Waals surface area (Å²) < 4.78 is 42.9. The third kappa shape index (κ3) is 2.23. The van der Waals surface area contributed by atoms with Crippen LogP contribution >= 0.6 is 11.3 Å². The van der Waals surface area contributed by atoms with Crippen molar-refractivity contribution in [1.29, 1.82) is 0 Å². The molecule has 0 atom stereocenters. The Hall–Kier alpha value is -1.83. The average molecular weight is 277 g/mol. The topological polar surface area (TPSA) is 63.3 Å². The fourth-order valence-corrected chi connectivity index (χ4v) is 2.20. The van der Waals surface area contributed by atoms with Gasteiger partial charge in [-0.05, 0) is 19.1 Å². The van der Waals surface area contributed by atoms with Crippen LogP contribution in [0.5, 0.6) is 0 Å². The lowest BCUT2D eigenvalue weighted by molar-refractivity contribution is -0.141. The minimum atomic E-state index is -4.80. The first-order valence-corrected chi connectivity index (χ1v) is 5.49. The fraction of sp³-hybridized carbons (Fsp3) is 0.200. The number of carboxylic acids is 1. The van der Waals surface area contributed by atoms with E-state index < -0.39 is 22.7 Å². The summed E-state index contributed by atoms with van der Waals surface area (Å²) in [6.45, 7) is 1.62. The molecule has 0 aliphatic carbocycles. The molecule has 8 heteroatoms. The largest absolute Gasteiger partial charge is 0.477 e. The van der Waals surface area contributed by atoms with Gasteiger partial charge in [0.1, 0.15) is 10.6 Å². The zero-order chi connectivity index (χ0) is 13.5. The van der Waals surface area contributed by atoms with E-state index in [2.05, 4.69) is 4.98 Å². The number of aromatic carboxylic acids is 1. The van der Waals surface area contributed by atoms with Crippen LogP contribution in [0.1, 0.15) is 21.1 Å². The van der Waals surface area contributed by atoms with E-state index >= 15 is 0 Å². The number of halogens is 3. The Balaban J connectivity index is 2.56. The van der Waals surface area contributed by atoms with Crippen molar-refractivity contribution in [3.8, 4) is 10.8 Å². The van der Waals surface area contributed by atoms with E-state index in [1.165, 1.54) is 6.07 Å². The fourth-order valence-electron chi connectivity index (χ4n) is 1.31. The molecule has 2 rings (SSSR count). The summed E-state index contributed by atoms with van der Waals surface area (Å²) in [7, 11) is 0. The molecule has 0 saturated heterocycles. The lowest BCUT2D eigenvalue weighted by Gasteiger charge is -2.02. The lowest BCUT2D eigenvalue weighted by atomic mass is 10.3. The smallest absolute Gasteiger partial charge is 0.435 e. The van der Waals surface area contributed by atoms with Crippen LogP contribution in [-0.2, 0) is 6.18 Å². The summed E-state index contributed by atoms with van der Waals surface area (Å²) in [5.41, 5.74) is -1.40. The monoisotopic (exact) mass is 277 g/mol. The Morgan fingerprint density at radius 1 is 1.44 bits per heavy atom. The number of thiazole rings is 1. The molecule has 18 heavy (non-hydrogen) atoms. The first kappa shape index (κ1) is 12.6. The van der Waals surface area contributed by atoms with Gasteiger partial charge in [-0.2, -0.15) is 13.2 Å². The van der Waals surface area contributed by atoms with Gasteiger partial charge in [-0.3, -0.25) is 0 Å². The first-order chi connectivity index (χ1) is 8.29. The zero-order valence-corrected chi connectivity index (χ0v) is 9.72. The normalized spacial score (nSPS) is 11.8. The van der Waals surface area contributed by atoms with Gasteiger partial charge in [0.25, 0.3) is 0 Å². The van der Waals surface area contributed by atoms with Crippen molar-refractivity contribution in [2.75, 3.05) is 0 Å². The molecule has 0 aromatic carbocycles. The van der Waals surface area contributed by atoms with Crippen molar-refractivity contribution in [3.63, 3.8) is 0 Å². The van der Waals surface area contributed by atoms with E-state index in [4.69, 9.17) is 9.52 Å². The summed E-state index contributed by atoms with van der Waals surface area (Å²) in [5, 5.41) is 8.63. The molecule has 0 spiro atoms. The van der Waals surface area contributed by atoms with Crippen molar-refractivity contribution in [3.05, 3.63) is 28.5 Å². The molecule has 0 aliphatic rings. The molecular weight excluding hydrogens is 271 g/mol. The van der Waals surface area contributed by atoms with Gasteiger partial charge < -0.3 is 9.52 Å². The minimum absolute atomic E-state index is 0.104. The molecule has 0 bridgehead atoms. The molecule has 1 N–H and O–H groups in total. The van der Waals surface area contributed by atoms with Crippen molar-refractivity contribution < 1.29 is 27.5 Å². The average Bonchev–Trinajstić information content (AvgIpc) is 2.81. The molecule has 96 valence electrons. The second-order valence-electron chi connectivity index (χ2n) is 3.41. The molecule has 2 aromatic heterocycles. The van der Waals surface area contributed by atoms with Crippen LogP contribution in [0.4, 0.5) is 13.2 Å². The molecule has 0 saturated carbocycles. The summed E-state index contributed by atoms with van der Waals surface area (Å²) in [6.07, 6.45) is -4.80. The Bertz CT molecular complexity index is 600. The Kier molecular flexibility index (Phi) is 2.89. The molecule has 0 unspecified atom stereocenters. The van der Waals surface area contributed by atoms with Crippen molar-refractivity contribution in [2.45, 2.75) is 13.1 Å². The molecular formula is C10H6F3NO3S. The summed E-state index contributed by atoms with van der Waals surface area (Å²) in [4.78, 5) is 13.2. The third-order valence-corrected chi connectivity index (χ3v) is 3.10. The SMILES string of the molecule is Cc1ccc(-c2nc(C(F)(F)F)c(C(=O)O)s2)o1. The number of hydrogen-bond donors (Lipinski definition) is 1. The molecule has 4 nitrogen and oxygen atoms in total. The second kappa shape index (κ2) is 4.13. The van der Waals surface area contributed by atoms with Crippen molar-refractivity contribution in [2.24, 2.45) is 0 Å². The predicted molar refractivity (Wildman–Crippen MR) is 56.5 cm³/mol. The van der Waals surface area contributed by atoms with Gasteiger partial charge in [-0.25, -0.2) is 9.78 Å². The van der Waals surface area contributed by atoms with Crippen LogP contribution in [0.25, 0.3) is 10.8 Å². The van der Waals surface area contributed by atoms with Crippen LogP contribution in [0, 0.1) is 6.92 Å². The van der Waals surface area contributed by atoms with Crippen LogP contribution in [-0.4, -0.2) is 16.1 Å². The number of hydrogen-bond acceptors (Lipinski definition) is 4. The second-order valence-corrected chi connectivity index (χ2v) is 4.41.